The Bertz CT molecular complexity index is 786. The third-order valence-corrected chi connectivity index (χ3v) is 4.65. The maximum absolute atomic E-state index is 12.2. The normalized spacial score (nSPS) is 14.0. The van der Waals surface area contributed by atoms with Gasteiger partial charge in [0.15, 0.2) is 5.96 Å². The van der Waals surface area contributed by atoms with E-state index in [1.165, 1.54) is 0 Å². The molecule has 1 aliphatic heterocycles. The minimum Gasteiger partial charge on any atom is -0.356 e. The van der Waals surface area contributed by atoms with Crippen LogP contribution in [0.25, 0.3) is 0 Å². The highest BCUT2D eigenvalue weighted by Crippen LogP contribution is 2.14. The molecule has 0 atom stereocenters. The number of rotatable bonds is 6. The number of pyridine rings is 1. The van der Waals surface area contributed by atoms with E-state index < -0.39 is 0 Å². The van der Waals surface area contributed by atoms with Gasteiger partial charge in [0, 0.05) is 57.2 Å². The first-order valence-corrected chi connectivity index (χ1v) is 9.74. The molecule has 0 aliphatic carbocycles. The van der Waals surface area contributed by atoms with Crippen LogP contribution in [-0.2, 0) is 13.0 Å². The summed E-state index contributed by atoms with van der Waals surface area (Å²) in [4.78, 5) is 22.7. The lowest BCUT2D eigenvalue weighted by molar-refractivity contribution is 0.222. The minimum atomic E-state index is -0.0189. The predicted octanol–water partition coefficient (Wildman–Crippen LogP) is 2.62. The third kappa shape index (κ3) is 5.97. The highest BCUT2D eigenvalue weighted by Gasteiger charge is 2.17. The Morgan fingerprint density at radius 1 is 1.14 bits per heavy atom. The van der Waals surface area contributed by atoms with Crippen molar-refractivity contribution in [1.82, 2.24) is 20.5 Å². The number of guanidine groups is 1. The molecule has 3 N–H and O–H groups in total. The molecule has 0 spiro atoms. The molecule has 148 valence electrons. The number of carbonyl (C=O) groups excluding carboxylic acids is 1. The smallest absolute Gasteiger partial charge is 0.321 e. The van der Waals surface area contributed by atoms with Crippen molar-refractivity contribution in [1.29, 1.82) is 0 Å². The number of hydrogen-bond acceptors (Lipinski definition) is 3. The van der Waals surface area contributed by atoms with Gasteiger partial charge in [-0.1, -0.05) is 18.2 Å². The lowest BCUT2D eigenvalue weighted by Crippen LogP contribution is -2.38. The molecule has 0 unspecified atom stereocenters. The van der Waals surface area contributed by atoms with E-state index in [1.807, 2.05) is 47.4 Å². The lowest BCUT2D eigenvalue weighted by atomic mass is 10.2. The quantitative estimate of drug-likeness (QED) is 0.531. The second kappa shape index (κ2) is 10.3. The fourth-order valence-electron chi connectivity index (χ4n) is 3.14. The molecule has 0 saturated carbocycles. The first kappa shape index (κ1) is 19.7. The number of hydrogen-bond donors (Lipinski definition) is 3. The van der Waals surface area contributed by atoms with Gasteiger partial charge >= 0.3 is 6.03 Å². The zero-order chi connectivity index (χ0) is 19.6. The number of aromatic nitrogens is 1. The molecule has 7 heteroatoms. The predicted molar refractivity (Wildman–Crippen MR) is 112 cm³/mol. The number of urea groups is 1. The van der Waals surface area contributed by atoms with Crippen LogP contribution in [0.4, 0.5) is 10.5 Å². The van der Waals surface area contributed by atoms with E-state index in [2.05, 4.69) is 25.9 Å². The molecule has 1 aromatic heterocycles. The second-order valence-corrected chi connectivity index (χ2v) is 6.75. The summed E-state index contributed by atoms with van der Waals surface area (Å²) < 4.78 is 0. The van der Waals surface area contributed by atoms with Gasteiger partial charge in [-0.15, -0.1) is 0 Å². The number of nitrogens with one attached hydrogen (secondary N) is 3. The molecule has 7 nitrogen and oxygen atoms in total. The van der Waals surface area contributed by atoms with Crippen LogP contribution in [0.5, 0.6) is 0 Å². The van der Waals surface area contributed by atoms with Crippen molar-refractivity contribution in [3.8, 4) is 0 Å². The van der Waals surface area contributed by atoms with Gasteiger partial charge in [-0.3, -0.25) is 9.98 Å². The summed E-state index contributed by atoms with van der Waals surface area (Å²) in [6.07, 6.45) is 4.81. The fourth-order valence-corrected chi connectivity index (χ4v) is 3.14. The summed E-state index contributed by atoms with van der Waals surface area (Å²) in [6, 6.07) is 13.8. The van der Waals surface area contributed by atoms with Crippen LogP contribution in [0.1, 0.15) is 24.1 Å². The molecule has 1 saturated heterocycles. The molecular weight excluding hydrogens is 352 g/mol. The standard InChI is InChI=1S/C21H28N6O/c1-22-20(24-12-10-18-8-2-3-11-23-18)25-16-17-7-6-9-19(15-17)26-21(28)27-13-4-5-14-27/h2-3,6-9,11,15H,4-5,10,12-14,16H2,1H3,(H,26,28)(H2,22,24,25). The molecule has 1 aliphatic rings. The molecule has 0 radical (unpaired) electrons. The van der Waals surface area contributed by atoms with Gasteiger partial charge in [0.25, 0.3) is 0 Å². The Balaban J connectivity index is 1.45. The van der Waals surface area contributed by atoms with Crippen molar-refractivity contribution in [2.45, 2.75) is 25.8 Å². The van der Waals surface area contributed by atoms with Crippen LogP contribution in [0.2, 0.25) is 0 Å². The zero-order valence-corrected chi connectivity index (χ0v) is 16.3. The summed E-state index contributed by atoms with van der Waals surface area (Å²) >= 11 is 0. The number of anilines is 1. The summed E-state index contributed by atoms with van der Waals surface area (Å²) in [5.74, 6) is 0.738. The van der Waals surface area contributed by atoms with Crippen molar-refractivity contribution >= 4 is 17.7 Å². The Labute approximate surface area is 166 Å². The lowest BCUT2D eigenvalue weighted by Gasteiger charge is -2.17. The van der Waals surface area contributed by atoms with Crippen LogP contribution in [0, 0.1) is 0 Å². The molecule has 2 aromatic rings. The molecule has 0 bridgehead atoms. The van der Waals surface area contributed by atoms with Gasteiger partial charge < -0.3 is 20.9 Å². The van der Waals surface area contributed by atoms with Crippen LogP contribution in [-0.4, -0.2) is 48.6 Å². The van der Waals surface area contributed by atoms with E-state index in [-0.39, 0.29) is 6.03 Å². The number of amides is 2. The van der Waals surface area contributed by atoms with Gasteiger partial charge in [-0.25, -0.2) is 4.79 Å². The minimum absolute atomic E-state index is 0.0189. The van der Waals surface area contributed by atoms with Crippen molar-refractivity contribution in [3.63, 3.8) is 0 Å². The Hall–Kier alpha value is -3.09. The molecule has 2 amide bonds. The highest BCUT2D eigenvalue weighted by atomic mass is 16.2. The van der Waals surface area contributed by atoms with Gasteiger partial charge in [-0.05, 0) is 42.7 Å². The number of aliphatic imine (C=N–C) groups is 1. The van der Waals surface area contributed by atoms with Gasteiger partial charge in [0.1, 0.15) is 0 Å². The number of nitrogens with zero attached hydrogens (tertiary/aromatic N) is 3. The summed E-state index contributed by atoms with van der Waals surface area (Å²) in [5.41, 5.74) is 2.94. The second-order valence-electron chi connectivity index (χ2n) is 6.75. The summed E-state index contributed by atoms with van der Waals surface area (Å²) in [5, 5.41) is 9.58. The Kier molecular flexibility index (Phi) is 7.23. The van der Waals surface area contributed by atoms with Crippen molar-refractivity contribution in [3.05, 3.63) is 59.9 Å². The van der Waals surface area contributed by atoms with E-state index in [9.17, 15) is 4.79 Å². The average molecular weight is 380 g/mol. The summed E-state index contributed by atoms with van der Waals surface area (Å²) in [6.45, 7) is 3.06. The first-order valence-electron chi connectivity index (χ1n) is 9.74. The maximum Gasteiger partial charge on any atom is 0.321 e. The molecule has 28 heavy (non-hydrogen) atoms. The topological polar surface area (TPSA) is 81.6 Å². The summed E-state index contributed by atoms with van der Waals surface area (Å²) in [7, 11) is 1.75. The van der Waals surface area contributed by atoms with Crippen molar-refractivity contribution < 1.29 is 4.79 Å². The maximum atomic E-state index is 12.2. The van der Waals surface area contributed by atoms with E-state index in [0.29, 0.717) is 6.54 Å². The van der Waals surface area contributed by atoms with Crippen LogP contribution in [0.3, 0.4) is 0 Å². The van der Waals surface area contributed by atoms with Crippen LogP contribution >= 0.6 is 0 Å². The molecule has 1 fully saturated rings. The van der Waals surface area contributed by atoms with Gasteiger partial charge in [0.05, 0.1) is 0 Å². The largest absolute Gasteiger partial charge is 0.356 e. The monoisotopic (exact) mass is 380 g/mol. The van der Waals surface area contributed by atoms with Crippen LogP contribution < -0.4 is 16.0 Å². The molecule has 3 rings (SSSR count). The average Bonchev–Trinajstić information content (AvgIpc) is 3.27. The zero-order valence-electron chi connectivity index (χ0n) is 16.3. The van der Waals surface area contributed by atoms with E-state index in [1.54, 1.807) is 13.2 Å². The van der Waals surface area contributed by atoms with Gasteiger partial charge in [0.2, 0.25) is 0 Å². The number of likely N-dealkylation sites (tertiary alicyclic amines) is 1. The Morgan fingerprint density at radius 3 is 2.75 bits per heavy atom. The molecule has 2 heterocycles. The third-order valence-electron chi connectivity index (χ3n) is 4.65. The van der Waals surface area contributed by atoms with E-state index in [4.69, 9.17) is 0 Å². The molecular formula is C21H28N6O. The molecule has 1 aromatic carbocycles. The fraction of sp³-hybridized carbons (Fsp3) is 0.381. The number of carbonyl (C=O) groups is 1. The van der Waals surface area contributed by atoms with Crippen LogP contribution in [0.15, 0.2) is 53.7 Å². The Morgan fingerprint density at radius 2 is 2.00 bits per heavy atom. The number of benzene rings is 1. The van der Waals surface area contributed by atoms with Crippen molar-refractivity contribution in [2.24, 2.45) is 4.99 Å². The van der Waals surface area contributed by atoms with E-state index in [0.717, 1.165) is 61.8 Å². The first-order chi connectivity index (χ1) is 13.7. The highest BCUT2D eigenvalue weighted by molar-refractivity contribution is 5.89. The SMILES string of the molecule is CN=C(NCCc1ccccn1)NCc1cccc(NC(=O)N2CCCC2)c1. The van der Waals surface area contributed by atoms with Gasteiger partial charge in [-0.2, -0.15) is 0 Å². The van der Waals surface area contributed by atoms with Crippen molar-refractivity contribution in [2.75, 3.05) is 32.0 Å². The van der Waals surface area contributed by atoms with E-state index >= 15 is 0 Å².